The molecule has 0 saturated carbocycles. The highest BCUT2D eigenvalue weighted by atomic mass is 16.5. The molecule has 2 aromatic rings. The maximum absolute atomic E-state index is 11.2. The first-order chi connectivity index (χ1) is 8.63. The zero-order valence-electron chi connectivity index (χ0n) is 9.94. The topological polar surface area (TPSA) is 90.1 Å². The molecule has 0 aromatic carbocycles. The molecule has 0 aliphatic carbocycles. The lowest BCUT2D eigenvalue weighted by atomic mass is 10.1. The smallest absolute Gasteiger partial charge is 0.377 e. The number of carbonyl (C=O) groups is 1. The lowest BCUT2D eigenvalue weighted by molar-refractivity contribution is 0.0587. The van der Waals surface area contributed by atoms with Crippen LogP contribution in [0.5, 0.6) is 0 Å². The van der Waals surface area contributed by atoms with Crippen LogP contribution in [-0.4, -0.2) is 37.9 Å². The molecule has 2 rings (SSSR count). The molecule has 7 heteroatoms. The Bertz CT molecular complexity index is 565. The van der Waals surface area contributed by atoms with E-state index in [-0.39, 0.29) is 5.82 Å². The van der Waals surface area contributed by atoms with Crippen molar-refractivity contribution in [3.8, 4) is 5.82 Å². The van der Waals surface area contributed by atoms with Crippen LogP contribution in [0.15, 0.2) is 24.7 Å². The summed E-state index contributed by atoms with van der Waals surface area (Å²) in [6.07, 6.45) is 2.22. The van der Waals surface area contributed by atoms with E-state index in [9.17, 15) is 9.90 Å². The van der Waals surface area contributed by atoms with Crippen LogP contribution >= 0.6 is 0 Å². The van der Waals surface area contributed by atoms with E-state index < -0.39 is 12.1 Å². The number of nitrogens with zero attached hydrogens (tertiary/aromatic N) is 4. The fourth-order valence-corrected chi connectivity index (χ4v) is 1.48. The van der Waals surface area contributed by atoms with Gasteiger partial charge in [0, 0.05) is 11.8 Å². The van der Waals surface area contributed by atoms with E-state index in [1.165, 1.54) is 18.1 Å². The number of hydrogen-bond acceptors (Lipinski definition) is 6. The van der Waals surface area contributed by atoms with Crippen molar-refractivity contribution in [2.45, 2.75) is 13.0 Å². The summed E-state index contributed by atoms with van der Waals surface area (Å²) in [6, 6.07) is 3.44. The van der Waals surface area contributed by atoms with E-state index in [1.807, 2.05) is 0 Å². The van der Waals surface area contributed by atoms with E-state index in [1.54, 1.807) is 25.3 Å². The van der Waals surface area contributed by atoms with E-state index in [4.69, 9.17) is 0 Å². The molecule has 0 amide bonds. The number of aromatic nitrogens is 4. The summed E-state index contributed by atoms with van der Waals surface area (Å²) < 4.78 is 5.84. The highest BCUT2D eigenvalue weighted by molar-refractivity contribution is 5.84. The highest BCUT2D eigenvalue weighted by Crippen LogP contribution is 2.18. The van der Waals surface area contributed by atoms with E-state index in [0.717, 1.165) is 0 Å². The van der Waals surface area contributed by atoms with Crippen molar-refractivity contribution in [3.63, 3.8) is 0 Å². The molecule has 0 aliphatic heterocycles. The fourth-order valence-electron chi connectivity index (χ4n) is 1.48. The Labute approximate surface area is 103 Å². The molecule has 1 atom stereocenters. The van der Waals surface area contributed by atoms with Crippen LogP contribution in [0, 0.1) is 0 Å². The van der Waals surface area contributed by atoms with E-state index in [2.05, 4.69) is 19.8 Å². The molecule has 2 heterocycles. The zero-order valence-corrected chi connectivity index (χ0v) is 9.94. The molecular weight excluding hydrogens is 236 g/mol. The van der Waals surface area contributed by atoms with Gasteiger partial charge in [-0.05, 0) is 13.0 Å². The molecule has 0 aliphatic rings. The second kappa shape index (κ2) is 4.92. The Morgan fingerprint density at radius 3 is 2.94 bits per heavy atom. The SMILES string of the molecule is COC(=O)c1ncn(-c2ncccc2C(C)O)n1. The zero-order chi connectivity index (χ0) is 13.1. The average molecular weight is 248 g/mol. The molecule has 1 N–H and O–H groups in total. The van der Waals surface area contributed by atoms with Gasteiger partial charge in [-0.15, -0.1) is 5.10 Å². The van der Waals surface area contributed by atoms with Gasteiger partial charge in [-0.3, -0.25) is 0 Å². The summed E-state index contributed by atoms with van der Waals surface area (Å²) in [5, 5.41) is 13.6. The predicted octanol–water partition coefficient (Wildman–Crippen LogP) is 0.502. The van der Waals surface area contributed by atoms with Crippen molar-refractivity contribution in [1.82, 2.24) is 19.7 Å². The van der Waals surface area contributed by atoms with Crippen LogP contribution in [-0.2, 0) is 4.74 Å². The molecule has 94 valence electrons. The molecule has 7 nitrogen and oxygen atoms in total. The second-order valence-corrected chi connectivity index (χ2v) is 3.60. The standard InChI is InChI=1S/C11H12N4O3/c1-7(16)8-4-3-5-12-10(8)15-6-13-9(14-15)11(17)18-2/h3-7,16H,1-2H3. The minimum atomic E-state index is -0.695. The first-order valence-electron chi connectivity index (χ1n) is 5.27. The summed E-state index contributed by atoms with van der Waals surface area (Å²) in [4.78, 5) is 19.2. The second-order valence-electron chi connectivity index (χ2n) is 3.60. The summed E-state index contributed by atoms with van der Waals surface area (Å²) in [5.74, 6) is -0.252. The van der Waals surface area contributed by atoms with Crippen molar-refractivity contribution in [1.29, 1.82) is 0 Å². The minimum absolute atomic E-state index is 0.0558. The first kappa shape index (κ1) is 12.2. The van der Waals surface area contributed by atoms with Gasteiger partial charge in [0.2, 0.25) is 0 Å². The molecular formula is C11H12N4O3. The number of ether oxygens (including phenoxy) is 1. The quantitative estimate of drug-likeness (QED) is 0.795. The van der Waals surface area contributed by atoms with Gasteiger partial charge in [0.15, 0.2) is 5.82 Å². The summed E-state index contributed by atoms with van der Waals surface area (Å²) in [5.41, 5.74) is 0.596. The Morgan fingerprint density at radius 2 is 2.28 bits per heavy atom. The van der Waals surface area contributed by atoms with Crippen LogP contribution < -0.4 is 0 Å². The van der Waals surface area contributed by atoms with Gasteiger partial charge >= 0.3 is 5.97 Å². The monoisotopic (exact) mass is 248 g/mol. The van der Waals surface area contributed by atoms with Crippen LogP contribution in [0.25, 0.3) is 5.82 Å². The van der Waals surface area contributed by atoms with Crippen molar-refractivity contribution >= 4 is 5.97 Å². The van der Waals surface area contributed by atoms with Crippen LogP contribution in [0.4, 0.5) is 0 Å². The predicted molar refractivity (Wildman–Crippen MR) is 61.1 cm³/mol. The largest absolute Gasteiger partial charge is 0.463 e. The highest BCUT2D eigenvalue weighted by Gasteiger charge is 2.15. The third-order valence-electron chi connectivity index (χ3n) is 2.34. The average Bonchev–Trinajstić information content (AvgIpc) is 2.87. The molecule has 1 unspecified atom stereocenters. The van der Waals surface area contributed by atoms with Gasteiger partial charge in [-0.1, -0.05) is 6.07 Å². The number of pyridine rings is 1. The van der Waals surface area contributed by atoms with Crippen molar-refractivity contribution in [2.75, 3.05) is 7.11 Å². The van der Waals surface area contributed by atoms with Gasteiger partial charge in [-0.2, -0.15) is 0 Å². The molecule has 2 aromatic heterocycles. The molecule has 18 heavy (non-hydrogen) atoms. The summed E-state index contributed by atoms with van der Waals surface area (Å²) in [7, 11) is 1.25. The Balaban J connectivity index is 2.43. The molecule has 0 spiro atoms. The third kappa shape index (κ3) is 2.21. The molecule has 0 fully saturated rings. The van der Waals surface area contributed by atoms with Crippen molar-refractivity contribution < 1.29 is 14.6 Å². The third-order valence-corrected chi connectivity index (χ3v) is 2.34. The Kier molecular flexibility index (Phi) is 3.33. The molecule has 0 radical (unpaired) electrons. The maximum atomic E-state index is 11.2. The van der Waals surface area contributed by atoms with E-state index in [0.29, 0.717) is 11.4 Å². The van der Waals surface area contributed by atoms with Gasteiger partial charge in [0.25, 0.3) is 5.82 Å². The van der Waals surface area contributed by atoms with Gasteiger partial charge in [0.1, 0.15) is 6.33 Å². The fraction of sp³-hybridized carbons (Fsp3) is 0.273. The van der Waals surface area contributed by atoms with E-state index >= 15 is 0 Å². The number of esters is 1. The van der Waals surface area contributed by atoms with Crippen LogP contribution in [0.3, 0.4) is 0 Å². The summed E-state index contributed by atoms with van der Waals surface area (Å²) in [6.45, 7) is 1.62. The Morgan fingerprint density at radius 1 is 1.50 bits per heavy atom. The minimum Gasteiger partial charge on any atom is -0.463 e. The first-order valence-corrected chi connectivity index (χ1v) is 5.27. The van der Waals surface area contributed by atoms with Gasteiger partial charge in [-0.25, -0.2) is 19.4 Å². The number of aliphatic hydroxyl groups excluding tert-OH is 1. The number of carbonyl (C=O) groups excluding carboxylic acids is 1. The van der Waals surface area contributed by atoms with Crippen molar-refractivity contribution in [3.05, 3.63) is 36.0 Å². The normalized spacial score (nSPS) is 12.2. The maximum Gasteiger partial charge on any atom is 0.377 e. The van der Waals surface area contributed by atoms with Gasteiger partial charge in [0.05, 0.1) is 13.2 Å². The number of hydrogen-bond donors (Lipinski definition) is 1. The number of aliphatic hydroxyl groups is 1. The molecule has 0 saturated heterocycles. The Hall–Kier alpha value is -2.28. The number of rotatable bonds is 3. The molecule has 0 bridgehead atoms. The summed E-state index contributed by atoms with van der Waals surface area (Å²) >= 11 is 0. The number of methoxy groups -OCH3 is 1. The van der Waals surface area contributed by atoms with Crippen LogP contribution in [0.1, 0.15) is 29.2 Å². The lowest BCUT2D eigenvalue weighted by Crippen LogP contribution is -2.08. The van der Waals surface area contributed by atoms with Crippen molar-refractivity contribution in [2.24, 2.45) is 0 Å². The van der Waals surface area contributed by atoms with Gasteiger partial charge < -0.3 is 9.84 Å². The van der Waals surface area contributed by atoms with Crippen LogP contribution in [0.2, 0.25) is 0 Å². The lowest BCUT2D eigenvalue weighted by Gasteiger charge is -2.09.